The summed E-state index contributed by atoms with van der Waals surface area (Å²) in [5.41, 5.74) is 0. The minimum Gasteiger partial charge on any atom is -0.479 e. The minimum atomic E-state index is 0.610. The highest BCUT2D eigenvalue weighted by Crippen LogP contribution is 2.16. The fourth-order valence-corrected chi connectivity index (χ4v) is 1.67. The minimum absolute atomic E-state index is 0.610. The second kappa shape index (κ2) is 3.22. The van der Waals surface area contributed by atoms with Crippen LogP contribution >= 0.6 is 0 Å². The molecular weight excluding hydrogens is 140 g/mol. The van der Waals surface area contributed by atoms with E-state index in [0.29, 0.717) is 5.92 Å². The Balaban J connectivity index is 1.92. The quantitative estimate of drug-likeness (QED) is 0.593. The van der Waals surface area contributed by atoms with Gasteiger partial charge in [0.2, 0.25) is 0 Å². The summed E-state index contributed by atoms with van der Waals surface area (Å²) < 4.78 is 5.41. The van der Waals surface area contributed by atoms with E-state index in [2.05, 4.69) is 10.3 Å². The van der Waals surface area contributed by atoms with E-state index in [9.17, 15) is 0 Å². The molecule has 0 bridgehead atoms. The highest BCUT2D eigenvalue weighted by Gasteiger charge is 2.22. The molecule has 0 aromatic carbocycles. The van der Waals surface area contributed by atoms with Crippen LogP contribution in [0.25, 0.3) is 0 Å². The van der Waals surface area contributed by atoms with Crippen LogP contribution in [0.5, 0.6) is 0 Å². The Morgan fingerprint density at radius 1 is 1.36 bits per heavy atom. The zero-order chi connectivity index (χ0) is 7.52. The lowest BCUT2D eigenvalue weighted by molar-refractivity contribution is 0.303. The number of ether oxygens (including phenoxy) is 1. The van der Waals surface area contributed by atoms with Crippen molar-refractivity contribution < 1.29 is 4.74 Å². The van der Waals surface area contributed by atoms with Gasteiger partial charge in [0, 0.05) is 5.92 Å². The molecule has 0 aromatic heterocycles. The topological polar surface area (TPSA) is 33.6 Å². The molecule has 0 aliphatic carbocycles. The number of nitrogens with zero attached hydrogens (tertiary/aromatic N) is 1. The van der Waals surface area contributed by atoms with E-state index >= 15 is 0 Å². The fourth-order valence-electron chi connectivity index (χ4n) is 1.67. The van der Waals surface area contributed by atoms with Gasteiger partial charge in [-0.15, -0.1) is 0 Å². The van der Waals surface area contributed by atoms with E-state index in [4.69, 9.17) is 4.74 Å². The highest BCUT2D eigenvalue weighted by molar-refractivity contribution is 5.80. The summed E-state index contributed by atoms with van der Waals surface area (Å²) in [6.07, 6.45) is 2.39. The van der Waals surface area contributed by atoms with Crippen molar-refractivity contribution in [2.45, 2.75) is 12.8 Å². The van der Waals surface area contributed by atoms with E-state index in [1.54, 1.807) is 0 Å². The summed E-state index contributed by atoms with van der Waals surface area (Å²) in [5, 5.41) is 3.33. The van der Waals surface area contributed by atoms with Crippen molar-refractivity contribution >= 4 is 5.90 Å². The smallest absolute Gasteiger partial charge is 0.186 e. The summed E-state index contributed by atoms with van der Waals surface area (Å²) >= 11 is 0. The Kier molecular flexibility index (Phi) is 2.08. The number of aliphatic imine (C=N–C) groups is 1. The summed E-state index contributed by atoms with van der Waals surface area (Å²) in [5.74, 6) is 1.63. The van der Waals surface area contributed by atoms with Gasteiger partial charge in [-0.05, 0) is 25.9 Å². The van der Waals surface area contributed by atoms with E-state index < -0.39 is 0 Å². The first-order valence-electron chi connectivity index (χ1n) is 4.34. The van der Waals surface area contributed by atoms with E-state index in [1.807, 2.05) is 0 Å². The van der Waals surface area contributed by atoms with E-state index in [-0.39, 0.29) is 0 Å². The number of hydrogen-bond acceptors (Lipinski definition) is 3. The maximum Gasteiger partial charge on any atom is 0.186 e. The van der Waals surface area contributed by atoms with E-state index in [0.717, 1.165) is 32.1 Å². The Morgan fingerprint density at radius 2 is 2.18 bits per heavy atom. The summed E-state index contributed by atoms with van der Waals surface area (Å²) in [6, 6.07) is 0. The van der Waals surface area contributed by atoms with Gasteiger partial charge in [-0.1, -0.05) is 0 Å². The fraction of sp³-hybridized carbons (Fsp3) is 0.875. The van der Waals surface area contributed by atoms with Crippen LogP contribution in [0.2, 0.25) is 0 Å². The molecule has 3 nitrogen and oxygen atoms in total. The molecule has 11 heavy (non-hydrogen) atoms. The number of hydrogen-bond donors (Lipinski definition) is 1. The Morgan fingerprint density at radius 3 is 2.82 bits per heavy atom. The number of piperidine rings is 1. The third-order valence-electron chi connectivity index (χ3n) is 2.30. The SMILES string of the molecule is C1COC(C2CCNCC2)=N1. The Bertz CT molecular complexity index is 161. The van der Waals surface area contributed by atoms with Gasteiger partial charge in [0.15, 0.2) is 5.90 Å². The lowest BCUT2D eigenvalue weighted by Crippen LogP contribution is -2.31. The third kappa shape index (κ3) is 1.53. The zero-order valence-corrected chi connectivity index (χ0v) is 6.68. The van der Waals surface area contributed by atoms with Crippen LogP contribution < -0.4 is 5.32 Å². The van der Waals surface area contributed by atoms with Gasteiger partial charge in [0.25, 0.3) is 0 Å². The van der Waals surface area contributed by atoms with Gasteiger partial charge in [-0.25, -0.2) is 0 Å². The molecule has 0 saturated carbocycles. The van der Waals surface area contributed by atoms with Crippen molar-refractivity contribution in [3.63, 3.8) is 0 Å². The van der Waals surface area contributed by atoms with Crippen LogP contribution in [0.3, 0.4) is 0 Å². The molecule has 1 fully saturated rings. The molecule has 0 atom stereocenters. The molecule has 2 heterocycles. The van der Waals surface area contributed by atoms with Gasteiger partial charge < -0.3 is 10.1 Å². The molecule has 1 N–H and O–H groups in total. The van der Waals surface area contributed by atoms with Crippen LogP contribution in [-0.2, 0) is 4.74 Å². The highest BCUT2D eigenvalue weighted by atomic mass is 16.5. The first-order valence-corrected chi connectivity index (χ1v) is 4.34. The van der Waals surface area contributed by atoms with Gasteiger partial charge in [0.1, 0.15) is 6.61 Å². The lowest BCUT2D eigenvalue weighted by atomic mass is 9.98. The average Bonchev–Trinajstić information content (AvgIpc) is 2.58. The lowest BCUT2D eigenvalue weighted by Gasteiger charge is -2.21. The zero-order valence-electron chi connectivity index (χ0n) is 6.68. The van der Waals surface area contributed by atoms with Crippen LogP contribution in [-0.4, -0.2) is 32.1 Å². The van der Waals surface area contributed by atoms with Crippen LogP contribution in [0.1, 0.15) is 12.8 Å². The monoisotopic (exact) mass is 154 g/mol. The molecule has 0 spiro atoms. The molecule has 3 heteroatoms. The molecule has 1 saturated heterocycles. The van der Waals surface area contributed by atoms with Crippen molar-refractivity contribution in [3.05, 3.63) is 0 Å². The predicted molar refractivity (Wildman–Crippen MR) is 43.8 cm³/mol. The van der Waals surface area contributed by atoms with E-state index in [1.165, 1.54) is 12.8 Å². The Labute approximate surface area is 66.8 Å². The maximum absolute atomic E-state index is 5.41. The van der Waals surface area contributed by atoms with Crippen molar-refractivity contribution in [1.29, 1.82) is 0 Å². The molecule has 0 aromatic rings. The largest absolute Gasteiger partial charge is 0.479 e. The normalized spacial score (nSPS) is 26.4. The molecule has 0 radical (unpaired) electrons. The molecule has 0 amide bonds. The van der Waals surface area contributed by atoms with Gasteiger partial charge in [-0.2, -0.15) is 0 Å². The van der Waals surface area contributed by atoms with Crippen molar-refractivity contribution in [2.75, 3.05) is 26.2 Å². The maximum atomic E-state index is 5.41. The number of rotatable bonds is 1. The van der Waals surface area contributed by atoms with Crippen LogP contribution in [0, 0.1) is 5.92 Å². The van der Waals surface area contributed by atoms with Crippen molar-refractivity contribution in [3.8, 4) is 0 Å². The number of nitrogens with one attached hydrogen (secondary N) is 1. The second-order valence-corrected chi connectivity index (χ2v) is 3.09. The first-order chi connectivity index (χ1) is 5.47. The molecule has 2 aliphatic rings. The van der Waals surface area contributed by atoms with Gasteiger partial charge in [-0.3, -0.25) is 4.99 Å². The van der Waals surface area contributed by atoms with Crippen LogP contribution in [0.15, 0.2) is 4.99 Å². The summed E-state index contributed by atoms with van der Waals surface area (Å²) in [7, 11) is 0. The van der Waals surface area contributed by atoms with Crippen LogP contribution in [0.4, 0.5) is 0 Å². The summed E-state index contributed by atoms with van der Waals surface area (Å²) in [6.45, 7) is 3.92. The standard InChI is InChI=1S/C8H14N2O/c1-3-9-4-2-7(1)8-10-5-6-11-8/h7,9H,1-6H2. The molecule has 2 rings (SSSR count). The molecule has 0 unspecified atom stereocenters. The van der Waals surface area contributed by atoms with Gasteiger partial charge in [0.05, 0.1) is 6.54 Å². The van der Waals surface area contributed by atoms with Crippen molar-refractivity contribution in [1.82, 2.24) is 5.32 Å². The molecule has 62 valence electrons. The molecular formula is C8H14N2O. The third-order valence-corrected chi connectivity index (χ3v) is 2.30. The molecule has 2 aliphatic heterocycles. The Hall–Kier alpha value is -0.570. The summed E-state index contributed by atoms with van der Waals surface area (Å²) in [4.78, 5) is 4.33. The van der Waals surface area contributed by atoms with Crippen molar-refractivity contribution in [2.24, 2.45) is 10.9 Å². The van der Waals surface area contributed by atoms with Gasteiger partial charge >= 0.3 is 0 Å². The second-order valence-electron chi connectivity index (χ2n) is 3.09. The average molecular weight is 154 g/mol. The first kappa shape index (κ1) is 7.10. The predicted octanol–water partition coefficient (Wildman–Crippen LogP) is 0.415.